The second-order valence-corrected chi connectivity index (χ2v) is 8.65. The van der Waals surface area contributed by atoms with Gasteiger partial charge in [-0.2, -0.15) is 10.4 Å². The third-order valence-electron chi connectivity index (χ3n) is 6.38. The topological polar surface area (TPSA) is 114 Å². The summed E-state index contributed by atoms with van der Waals surface area (Å²) >= 11 is 0. The summed E-state index contributed by atoms with van der Waals surface area (Å²) in [5.41, 5.74) is 3.82. The Bertz CT molecular complexity index is 1360. The number of aliphatic hydroxyl groups excluding tert-OH is 1. The average Bonchev–Trinajstić information content (AvgIpc) is 3.43. The zero-order valence-electron chi connectivity index (χ0n) is 18.9. The summed E-state index contributed by atoms with van der Waals surface area (Å²) in [4.78, 5) is 4.11. The number of rotatable bonds is 5. The summed E-state index contributed by atoms with van der Waals surface area (Å²) < 4.78 is 23.0. The number of nitrogens with zero attached hydrogens (tertiary/aromatic N) is 7. The van der Waals surface area contributed by atoms with E-state index in [1.165, 1.54) is 12.3 Å². The maximum Gasteiger partial charge on any atom is 0.148 e. The Hall–Kier alpha value is -3.84. The van der Waals surface area contributed by atoms with Crippen LogP contribution in [0.5, 0.6) is 5.75 Å². The summed E-state index contributed by atoms with van der Waals surface area (Å²) in [6.45, 7) is 3.78. The molecule has 4 heterocycles. The van der Waals surface area contributed by atoms with Crippen molar-refractivity contribution in [3.63, 3.8) is 0 Å². The van der Waals surface area contributed by atoms with Gasteiger partial charge in [0, 0.05) is 11.8 Å². The number of fused-ring (bicyclic) bond motifs is 1. The highest BCUT2D eigenvalue weighted by atomic mass is 19.1. The summed E-state index contributed by atoms with van der Waals surface area (Å²) in [6, 6.07) is 7.07. The van der Waals surface area contributed by atoms with E-state index < -0.39 is 11.9 Å². The molecule has 4 aromatic rings. The highest BCUT2D eigenvalue weighted by molar-refractivity contribution is 5.74. The molecule has 9 nitrogen and oxygen atoms in total. The molecule has 5 rings (SSSR count). The molecule has 1 aliphatic rings. The van der Waals surface area contributed by atoms with Gasteiger partial charge in [-0.05, 0) is 57.7 Å². The monoisotopic (exact) mass is 461 g/mol. The van der Waals surface area contributed by atoms with Gasteiger partial charge in [0.1, 0.15) is 40.5 Å². The van der Waals surface area contributed by atoms with Crippen molar-refractivity contribution in [2.45, 2.75) is 57.8 Å². The van der Waals surface area contributed by atoms with Crippen LogP contribution in [0.4, 0.5) is 4.39 Å². The van der Waals surface area contributed by atoms with Crippen LogP contribution < -0.4 is 4.74 Å². The van der Waals surface area contributed by atoms with Gasteiger partial charge in [-0.3, -0.25) is 4.98 Å². The molecule has 174 valence electrons. The molecule has 1 aliphatic carbocycles. The molecule has 0 radical (unpaired) electrons. The Morgan fingerprint density at radius 1 is 1.24 bits per heavy atom. The van der Waals surface area contributed by atoms with Crippen molar-refractivity contribution in [2.75, 3.05) is 0 Å². The Kier molecular flexibility index (Phi) is 5.71. The lowest BCUT2D eigenvalue weighted by atomic mass is 9.93. The third-order valence-corrected chi connectivity index (χ3v) is 6.38. The van der Waals surface area contributed by atoms with Gasteiger partial charge in [0.25, 0.3) is 0 Å². The highest BCUT2D eigenvalue weighted by Gasteiger charge is 2.25. The first-order chi connectivity index (χ1) is 16.4. The average molecular weight is 462 g/mol. The minimum absolute atomic E-state index is 0.198. The summed E-state index contributed by atoms with van der Waals surface area (Å²) in [5, 5.41) is 32.6. The molecular weight excluding hydrogens is 437 g/mol. The Balaban J connectivity index is 1.53. The molecule has 1 saturated carbocycles. The van der Waals surface area contributed by atoms with E-state index in [0.717, 1.165) is 43.1 Å². The smallest absolute Gasteiger partial charge is 0.148 e. The number of hydrogen-bond acceptors (Lipinski definition) is 7. The van der Waals surface area contributed by atoms with Gasteiger partial charge in [0.15, 0.2) is 0 Å². The van der Waals surface area contributed by atoms with Crippen molar-refractivity contribution in [3.8, 4) is 23.1 Å². The van der Waals surface area contributed by atoms with Crippen LogP contribution in [0.1, 0.15) is 61.7 Å². The van der Waals surface area contributed by atoms with Gasteiger partial charge < -0.3 is 9.84 Å². The van der Waals surface area contributed by atoms with Gasteiger partial charge in [0.2, 0.25) is 0 Å². The molecule has 34 heavy (non-hydrogen) atoms. The molecule has 1 N–H and O–H groups in total. The number of nitriles is 1. The van der Waals surface area contributed by atoms with Crippen LogP contribution in [0.3, 0.4) is 0 Å². The summed E-state index contributed by atoms with van der Waals surface area (Å²) in [7, 11) is 0. The lowest BCUT2D eigenvalue weighted by molar-refractivity contribution is 0.107. The molecule has 1 fully saturated rings. The fourth-order valence-electron chi connectivity index (χ4n) is 4.52. The quantitative estimate of drug-likeness (QED) is 0.479. The number of ether oxygens (including phenoxy) is 1. The van der Waals surface area contributed by atoms with E-state index in [1.54, 1.807) is 16.8 Å². The minimum atomic E-state index is -0.494. The van der Waals surface area contributed by atoms with Gasteiger partial charge >= 0.3 is 0 Å². The van der Waals surface area contributed by atoms with Crippen LogP contribution in [0, 0.1) is 24.1 Å². The number of halogens is 1. The fraction of sp³-hybridized carbons (Fsp3) is 0.375. The zero-order chi connectivity index (χ0) is 23.8. The van der Waals surface area contributed by atoms with E-state index in [2.05, 4.69) is 26.5 Å². The van der Waals surface area contributed by atoms with E-state index in [0.29, 0.717) is 28.2 Å². The predicted octanol–water partition coefficient (Wildman–Crippen LogP) is 3.92. The van der Waals surface area contributed by atoms with Crippen LogP contribution in [-0.4, -0.2) is 40.8 Å². The minimum Gasteiger partial charge on any atom is -0.482 e. The van der Waals surface area contributed by atoms with E-state index in [-0.39, 0.29) is 12.1 Å². The van der Waals surface area contributed by atoms with Crippen LogP contribution in [0.2, 0.25) is 0 Å². The zero-order valence-corrected chi connectivity index (χ0v) is 18.9. The molecule has 0 unspecified atom stereocenters. The van der Waals surface area contributed by atoms with Crippen LogP contribution in [-0.2, 0) is 0 Å². The van der Waals surface area contributed by atoms with Gasteiger partial charge in [-0.15, -0.1) is 5.10 Å². The van der Waals surface area contributed by atoms with Crippen molar-refractivity contribution >= 4 is 5.52 Å². The first-order valence-electron chi connectivity index (χ1n) is 11.2. The summed E-state index contributed by atoms with van der Waals surface area (Å²) in [5.74, 6) is 0.0221. The molecule has 0 aliphatic heterocycles. The molecule has 0 bridgehead atoms. The fourth-order valence-corrected chi connectivity index (χ4v) is 4.52. The van der Waals surface area contributed by atoms with Gasteiger partial charge in [-0.1, -0.05) is 5.21 Å². The number of aromatic nitrogens is 6. The van der Waals surface area contributed by atoms with Crippen molar-refractivity contribution in [3.05, 3.63) is 59.6 Å². The first kappa shape index (κ1) is 22.0. The lowest BCUT2D eigenvalue weighted by Crippen LogP contribution is -2.22. The third kappa shape index (κ3) is 3.99. The second kappa shape index (κ2) is 8.83. The van der Waals surface area contributed by atoms with Crippen molar-refractivity contribution < 1.29 is 14.2 Å². The molecule has 0 spiro atoms. The van der Waals surface area contributed by atoms with Crippen molar-refractivity contribution in [1.82, 2.24) is 29.6 Å². The SMILES string of the molecule is Cc1c(-c2cc(O[C@H](C)c3ccc(F)cn3)c3c(C#N)cnn3c2)nnn1C1CCC(O)CC1. The number of aliphatic hydroxyl groups is 1. The normalized spacial score (nSPS) is 19.1. The number of hydrogen-bond donors (Lipinski definition) is 1. The molecule has 0 aromatic carbocycles. The predicted molar refractivity (Wildman–Crippen MR) is 120 cm³/mol. The van der Waals surface area contributed by atoms with Crippen LogP contribution in [0.15, 0.2) is 36.8 Å². The van der Waals surface area contributed by atoms with Crippen molar-refractivity contribution in [1.29, 1.82) is 5.26 Å². The maximum absolute atomic E-state index is 13.3. The molecule has 0 saturated heterocycles. The van der Waals surface area contributed by atoms with Gasteiger partial charge in [-0.25, -0.2) is 13.6 Å². The molecule has 1 atom stereocenters. The Morgan fingerprint density at radius 3 is 2.74 bits per heavy atom. The van der Waals surface area contributed by atoms with E-state index in [4.69, 9.17) is 4.74 Å². The summed E-state index contributed by atoms with van der Waals surface area (Å²) in [6.07, 6.45) is 6.91. The Morgan fingerprint density at radius 2 is 2.03 bits per heavy atom. The number of pyridine rings is 2. The van der Waals surface area contributed by atoms with E-state index in [1.807, 2.05) is 24.6 Å². The van der Waals surface area contributed by atoms with E-state index in [9.17, 15) is 14.8 Å². The lowest BCUT2D eigenvalue weighted by Gasteiger charge is -2.26. The van der Waals surface area contributed by atoms with Crippen LogP contribution in [0.25, 0.3) is 16.8 Å². The van der Waals surface area contributed by atoms with Crippen molar-refractivity contribution in [2.24, 2.45) is 0 Å². The molecule has 0 amide bonds. The Labute approximate surface area is 195 Å². The van der Waals surface area contributed by atoms with Crippen LogP contribution >= 0.6 is 0 Å². The maximum atomic E-state index is 13.3. The van der Waals surface area contributed by atoms with Gasteiger partial charge in [0.05, 0.1) is 35.9 Å². The first-order valence-corrected chi connectivity index (χ1v) is 11.2. The largest absolute Gasteiger partial charge is 0.482 e. The van der Waals surface area contributed by atoms with E-state index >= 15 is 0 Å². The molecule has 10 heteroatoms. The molecule has 4 aromatic heterocycles. The second-order valence-electron chi connectivity index (χ2n) is 8.65. The molecular formula is C24H24FN7O2. The standard InChI is InChI=1S/C24H24FN7O2/c1-14-23(29-30-32(14)19-4-6-20(33)7-5-19)16-9-22(24-17(10-26)11-28-31(24)13-16)34-15(2)21-8-3-18(25)12-27-21/h3,8-9,11-13,15,19-20,33H,4-7H2,1-2H3/t15-,19?,20?/m1/s1. The highest BCUT2D eigenvalue weighted by Crippen LogP contribution is 2.35.